The van der Waals surface area contributed by atoms with Crippen LogP contribution in [0.2, 0.25) is 0 Å². The zero-order valence-electron chi connectivity index (χ0n) is 11.2. The van der Waals surface area contributed by atoms with Crippen LogP contribution in [0.25, 0.3) is 0 Å². The van der Waals surface area contributed by atoms with Gasteiger partial charge in [-0.1, -0.05) is 11.2 Å². The van der Waals surface area contributed by atoms with Gasteiger partial charge in [0.05, 0.1) is 5.69 Å². The van der Waals surface area contributed by atoms with E-state index in [0.29, 0.717) is 0 Å². The zero-order chi connectivity index (χ0) is 14.1. The Bertz CT molecular complexity index is 664. The molecule has 0 saturated carbocycles. The fourth-order valence-corrected chi connectivity index (χ4v) is 2.47. The van der Waals surface area contributed by atoms with E-state index in [0.717, 1.165) is 42.6 Å². The smallest absolute Gasteiger partial charge is 0.278 e. The predicted octanol–water partition coefficient (Wildman–Crippen LogP) is 3.25. The Labute approximate surface area is 116 Å². The van der Waals surface area contributed by atoms with E-state index in [-0.39, 0.29) is 11.4 Å². The number of nitrogens with one attached hydrogen (secondary N) is 1. The molecule has 0 saturated heterocycles. The van der Waals surface area contributed by atoms with Crippen molar-refractivity contribution < 1.29 is 13.7 Å². The second kappa shape index (κ2) is 5.07. The topological polar surface area (TPSA) is 55.1 Å². The molecular formula is C15H15FN2O2. The summed E-state index contributed by atoms with van der Waals surface area (Å²) >= 11 is 0. The standard InChI is InChI=1S/C15H15FN2O2/c1-9-6-7-12(11(16)8-9)17-15(19)14-10-4-2-3-5-13(10)20-18-14/h6-8H,2-5H2,1H3,(H,17,19). The normalized spacial score (nSPS) is 13.9. The highest BCUT2D eigenvalue weighted by Crippen LogP contribution is 2.25. The molecule has 0 aliphatic heterocycles. The molecule has 1 aromatic carbocycles. The van der Waals surface area contributed by atoms with Crippen molar-refractivity contribution in [1.82, 2.24) is 5.16 Å². The van der Waals surface area contributed by atoms with Gasteiger partial charge in [0.2, 0.25) is 0 Å². The highest BCUT2D eigenvalue weighted by Gasteiger charge is 2.24. The summed E-state index contributed by atoms with van der Waals surface area (Å²) < 4.78 is 18.9. The van der Waals surface area contributed by atoms with Crippen LogP contribution in [-0.4, -0.2) is 11.1 Å². The van der Waals surface area contributed by atoms with Crippen LogP contribution < -0.4 is 5.32 Å². The molecule has 2 aromatic rings. The Morgan fingerprint density at radius 3 is 2.95 bits per heavy atom. The first-order chi connectivity index (χ1) is 9.65. The number of nitrogens with zero attached hydrogens (tertiary/aromatic N) is 1. The summed E-state index contributed by atoms with van der Waals surface area (Å²) in [7, 11) is 0. The van der Waals surface area contributed by atoms with Crippen molar-refractivity contribution in [1.29, 1.82) is 0 Å². The second-order valence-electron chi connectivity index (χ2n) is 5.08. The van der Waals surface area contributed by atoms with Gasteiger partial charge in [0.15, 0.2) is 5.69 Å². The lowest BCUT2D eigenvalue weighted by molar-refractivity contribution is 0.101. The molecule has 20 heavy (non-hydrogen) atoms. The third kappa shape index (κ3) is 2.31. The van der Waals surface area contributed by atoms with Crippen LogP contribution in [0, 0.1) is 12.7 Å². The number of hydrogen-bond donors (Lipinski definition) is 1. The molecule has 0 fully saturated rings. The molecule has 1 N–H and O–H groups in total. The molecule has 1 aliphatic carbocycles. The van der Waals surface area contributed by atoms with Crippen molar-refractivity contribution >= 4 is 11.6 Å². The van der Waals surface area contributed by atoms with Crippen molar-refractivity contribution in [3.63, 3.8) is 0 Å². The lowest BCUT2D eigenvalue weighted by Gasteiger charge is -2.09. The largest absolute Gasteiger partial charge is 0.360 e. The minimum Gasteiger partial charge on any atom is -0.360 e. The van der Waals surface area contributed by atoms with Gasteiger partial charge in [-0.15, -0.1) is 0 Å². The molecule has 1 amide bonds. The average Bonchev–Trinajstić information content (AvgIpc) is 2.86. The third-order valence-electron chi connectivity index (χ3n) is 3.54. The summed E-state index contributed by atoms with van der Waals surface area (Å²) in [6.07, 6.45) is 3.68. The van der Waals surface area contributed by atoms with Crippen molar-refractivity contribution in [2.45, 2.75) is 32.6 Å². The van der Waals surface area contributed by atoms with E-state index in [1.807, 2.05) is 0 Å². The quantitative estimate of drug-likeness (QED) is 0.914. The van der Waals surface area contributed by atoms with E-state index in [9.17, 15) is 9.18 Å². The highest BCUT2D eigenvalue weighted by molar-refractivity contribution is 6.04. The maximum Gasteiger partial charge on any atom is 0.278 e. The van der Waals surface area contributed by atoms with Crippen LogP contribution in [0.1, 0.15) is 40.2 Å². The molecule has 0 spiro atoms. The van der Waals surface area contributed by atoms with Gasteiger partial charge in [-0.3, -0.25) is 4.79 Å². The monoisotopic (exact) mass is 274 g/mol. The maximum atomic E-state index is 13.7. The van der Waals surface area contributed by atoms with Gasteiger partial charge < -0.3 is 9.84 Å². The average molecular weight is 274 g/mol. The number of hydrogen-bond acceptors (Lipinski definition) is 3. The minimum absolute atomic E-state index is 0.160. The predicted molar refractivity (Wildman–Crippen MR) is 72.2 cm³/mol. The Balaban J connectivity index is 1.84. The van der Waals surface area contributed by atoms with Crippen molar-refractivity contribution in [2.24, 2.45) is 0 Å². The number of fused-ring (bicyclic) bond motifs is 1. The highest BCUT2D eigenvalue weighted by atomic mass is 19.1. The van der Waals surface area contributed by atoms with Gasteiger partial charge in [-0.25, -0.2) is 4.39 Å². The van der Waals surface area contributed by atoms with E-state index in [1.54, 1.807) is 19.1 Å². The first-order valence-electron chi connectivity index (χ1n) is 6.70. The molecule has 0 bridgehead atoms. The van der Waals surface area contributed by atoms with Gasteiger partial charge in [0, 0.05) is 12.0 Å². The summed E-state index contributed by atoms with van der Waals surface area (Å²) in [4.78, 5) is 12.2. The molecule has 1 heterocycles. The van der Waals surface area contributed by atoms with Crippen LogP contribution in [0.3, 0.4) is 0 Å². The first kappa shape index (κ1) is 12.8. The van der Waals surface area contributed by atoms with Crippen molar-refractivity contribution in [3.8, 4) is 0 Å². The fraction of sp³-hybridized carbons (Fsp3) is 0.333. The van der Waals surface area contributed by atoms with E-state index >= 15 is 0 Å². The van der Waals surface area contributed by atoms with Crippen LogP contribution in [0.5, 0.6) is 0 Å². The molecule has 0 radical (unpaired) electrons. The Morgan fingerprint density at radius 2 is 2.15 bits per heavy atom. The molecule has 4 nitrogen and oxygen atoms in total. The Morgan fingerprint density at radius 1 is 1.35 bits per heavy atom. The van der Waals surface area contributed by atoms with E-state index in [1.165, 1.54) is 6.07 Å². The Hall–Kier alpha value is -2.17. The lowest BCUT2D eigenvalue weighted by Crippen LogP contribution is -2.16. The third-order valence-corrected chi connectivity index (χ3v) is 3.54. The summed E-state index contributed by atoms with van der Waals surface area (Å²) in [6.45, 7) is 1.79. The number of amides is 1. The maximum absolute atomic E-state index is 13.7. The number of carbonyl (C=O) groups excluding carboxylic acids is 1. The summed E-state index contributed by atoms with van der Waals surface area (Å²) in [5.41, 5.74) is 2.11. The molecule has 1 aliphatic rings. The summed E-state index contributed by atoms with van der Waals surface area (Å²) in [5.74, 6) is -0.0823. The van der Waals surface area contributed by atoms with Gasteiger partial charge in [0.25, 0.3) is 5.91 Å². The van der Waals surface area contributed by atoms with Gasteiger partial charge in [-0.05, 0) is 43.9 Å². The van der Waals surface area contributed by atoms with Gasteiger partial charge in [-0.2, -0.15) is 0 Å². The fourth-order valence-electron chi connectivity index (χ4n) is 2.47. The SMILES string of the molecule is Cc1ccc(NC(=O)c2noc3c2CCCC3)c(F)c1. The number of carbonyl (C=O) groups is 1. The van der Waals surface area contributed by atoms with E-state index in [4.69, 9.17) is 4.52 Å². The van der Waals surface area contributed by atoms with Crippen LogP contribution in [0.15, 0.2) is 22.7 Å². The minimum atomic E-state index is -0.448. The number of anilines is 1. The van der Waals surface area contributed by atoms with Gasteiger partial charge >= 0.3 is 0 Å². The Kier molecular flexibility index (Phi) is 3.26. The number of rotatable bonds is 2. The molecule has 3 rings (SSSR count). The first-order valence-corrected chi connectivity index (χ1v) is 6.70. The number of halogens is 1. The van der Waals surface area contributed by atoms with Crippen LogP contribution in [0.4, 0.5) is 10.1 Å². The zero-order valence-corrected chi connectivity index (χ0v) is 11.2. The number of aromatic nitrogens is 1. The van der Waals surface area contributed by atoms with E-state index < -0.39 is 11.7 Å². The van der Waals surface area contributed by atoms with Crippen LogP contribution >= 0.6 is 0 Å². The number of aryl methyl sites for hydroxylation is 2. The van der Waals surface area contributed by atoms with Crippen molar-refractivity contribution in [3.05, 3.63) is 46.6 Å². The summed E-state index contributed by atoms with van der Waals surface area (Å²) in [6, 6.07) is 4.68. The molecule has 0 atom stereocenters. The molecule has 0 unspecified atom stereocenters. The molecule has 1 aromatic heterocycles. The lowest BCUT2D eigenvalue weighted by atomic mass is 9.96. The molecule has 5 heteroatoms. The molecular weight excluding hydrogens is 259 g/mol. The number of benzene rings is 1. The second-order valence-corrected chi connectivity index (χ2v) is 5.08. The summed E-state index contributed by atoms with van der Waals surface area (Å²) in [5, 5.41) is 6.39. The molecule has 104 valence electrons. The van der Waals surface area contributed by atoms with E-state index in [2.05, 4.69) is 10.5 Å². The van der Waals surface area contributed by atoms with Gasteiger partial charge in [0.1, 0.15) is 11.6 Å². The van der Waals surface area contributed by atoms with Crippen molar-refractivity contribution in [2.75, 3.05) is 5.32 Å². The van der Waals surface area contributed by atoms with Crippen LogP contribution in [-0.2, 0) is 12.8 Å².